The van der Waals surface area contributed by atoms with E-state index in [-0.39, 0.29) is 0 Å². The summed E-state index contributed by atoms with van der Waals surface area (Å²) >= 11 is 5.56. The zero-order chi connectivity index (χ0) is 13.8. The first-order chi connectivity index (χ1) is 10.4. The normalized spacial score (nSPS) is 11.8. The minimum atomic E-state index is 1.21. The number of hydrogen-bond acceptors (Lipinski definition) is 3. The summed E-state index contributed by atoms with van der Waals surface area (Å²) in [6.07, 6.45) is 3.97. The van der Waals surface area contributed by atoms with E-state index in [0.717, 1.165) is 0 Å². The van der Waals surface area contributed by atoms with Crippen molar-refractivity contribution in [1.29, 1.82) is 0 Å². The summed E-state index contributed by atoms with van der Waals surface area (Å²) in [5.41, 5.74) is 2.42. The summed E-state index contributed by atoms with van der Waals surface area (Å²) in [6.45, 7) is 0. The van der Waals surface area contributed by atoms with Gasteiger partial charge < -0.3 is 9.97 Å². The van der Waals surface area contributed by atoms with Crippen LogP contribution in [0.15, 0.2) is 47.4 Å². The lowest BCUT2D eigenvalue weighted by Crippen LogP contribution is -1.68. The van der Waals surface area contributed by atoms with Gasteiger partial charge in [0.1, 0.15) is 0 Å². The number of nitrogens with one attached hydrogen (secondary N) is 2. The van der Waals surface area contributed by atoms with Gasteiger partial charge in [-0.1, -0.05) is 0 Å². The molecule has 0 bridgehead atoms. The van der Waals surface area contributed by atoms with E-state index < -0.39 is 0 Å². The van der Waals surface area contributed by atoms with E-state index in [1.807, 2.05) is 46.4 Å². The molecule has 5 aromatic rings. The molecule has 2 nitrogen and oxygen atoms in total. The Morgan fingerprint density at radius 3 is 1.67 bits per heavy atom. The van der Waals surface area contributed by atoms with Gasteiger partial charge in [-0.15, -0.1) is 34.0 Å². The molecule has 0 aromatic carbocycles. The standard InChI is InChI=1S/C16H10N2S3/c1-3-11(17-5-1)15-13-9(7-19-15)10-8-20-16(14(10)21-13)12-4-2-6-18-12/h1-8,17-18H. The molecule has 0 aliphatic rings. The molecule has 5 heterocycles. The van der Waals surface area contributed by atoms with Gasteiger partial charge in [0.05, 0.1) is 30.5 Å². The second-order valence-electron chi connectivity index (χ2n) is 4.88. The van der Waals surface area contributed by atoms with Crippen molar-refractivity contribution >= 4 is 54.2 Å². The Labute approximate surface area is 132 Å². The van der Waals surface area contributed by atoms with Crippen LogP contribution in [0.5, 0.6) is 0 Å². The van der Waals surface area contributed by atoms with E-state index in [4.69, 9.17) is 0 Å². The average Bonchev–Trinajstić information content (AvgIpc) is 3.26. The third kappa shape index (κ3) is 1.62. The lowest BCUT2D eigenvalue weighted by atomic mass is 10.2. The highest BCUT2D eigenvalue weighted by molar-refractivity contribution is 7.33. The fraction of sp³-hybridized carbons (Fsp3) is 0. The summed E-state index contributed by atoms with van der Waals surface area (Å²) < 4.78 is 2.79. The second kappa shape index (κ2) is 4.34. The Kier molecular flexibility index (Phi) is 2.44. The molecule has 0 spiro atoms. The van der Waals surface area contributed by atoms with Crippen molar-refractivity contribution in [3.05, 3.63) is 47.4 Å². The van der Waals surface area contributed by atoms with E-state index in [1.54, 1.807) is 0 Å². The molecule has 2 N–H and O–H groups in total. The minimum absolute atomic E-state index is 1.21. The van der Waals surface area contributed by atoms with E-state index in [2.05, 4.69) is 45.0 Å². The predicted molar refractivity (Wildman–Crippen MR) is 94.7 cm³/mol. The molecule has 5 rings (SSSR count). The Balaban J connectivity index is 1.82. The first-order valence-corrected chi connectivity index (χ1v) is 9.18. The third-order valence-corrected chi connectivity index (χ3v) is 7.21. The van der Waals surface area contributed by atoms with Crippen molar-refractivity contribution in [3.63, 3.8) is 0 Å². The molecule has 0 amide bonds. The fourth-order valence-electron chi connectivity index (χ4n) is 2.69. The van der Waals surface area contributed by atoms with Crippen LogP contribution in [-0.2, 0) is 0 Å². The summed E-state index contributed by atoms with van der Waals surface area (Å²) in [4.78, 5) is 9.34. The zero-order valence-corrected chi connectivity index (χ0v) is 13.3. The lowest BCUT2D eigenvalue weighted by Gasteiger charge is -1.93. The highest BCUT2D eigenvalue weighted by atomic mass is 32.1. The van der Waals surface area contributed by atoms with E-state index in [9.17, 15) is 0 Å². The zero-order valence-electron chi connectivity index (χ0n) is 10.8. The van der Waals surface area contributed by atoms with E-state index in [1.165, 1.54) is 41.3 Å². The van der Waals surface area contributed by atoms with Gasteiger partial charge in [-0.25, -0.2) is 0 Å². The molecule has 0 saturated carbocycles. The monoisotopic (exact) mass is 326 g/mol. The van der Waals surface area contributed by atoms with Gasteiger partial charge in [-0.3, -0.25) is 0 Å². The smallest absolute Gasteiger partial charge is 0.0684 e. The first kappa shape index (κ1) is 11.8. The molecular formula is C16H10N2S3. The maximum absolute atomic E-state index is 3.32. The Morgan fingerprint density at radius 2 is 1.24 bits per heavy atom. The molecule has 0 radical (unpaired) electrons. The van der Waals surface area contributed by atoms with Crippen LogP contribution in [0.25, 0.3) is 41.3 Å². The Morgan fingerprint density at radius 1 is 0.714 bits per heavy atom. The number of aromatic amines is 2. The van der Waals surface area contributed by atoms with Crippen LogP contribution in [0.1, 0.15) is 0 Å². The molecule has 0 aliphatic carbocycles. The van der Waals surface area contributed by atoms with Crippen molar-refractivity contribution in [3.8, 4) is 21.1 Å². The summed E-state index contributed by atoms with van der Waals surface area (Å²) in [7, 11) is 0. The molecule has 0 unspecified atom stereocenters. The van der Waals surface area contributed by atoms with Gasteiger partial charge in [0.2, 0.25) is 0 Å². The summed E-state index contributed by atoms with van der Waals surface area (Å²) in [5, 5.41) is 7.35. The van der Waals surface area contributed by atoms with Crippen LogP contribution in [0.4, 0.5) is 0 Å². The van der Waals surface area contributed by atoms with Crippen molar-refractivity contribution in [2.24, 2.45) is 0 Å². The highest BCUT2D eigenvalue weighted by Gasteiger charge is 2.17. The third-order valence-electron chi connectivity index (χ3n) is 3.67. The largest absolute Gasteiger partial charge is 0.360 e. The van der Waals surface area contributed by atoms with Crippen LogP contribution in [0.2, 0.25) is 0 Å². The maximum atomic E-state index is 3.32. The molecule has 102 valence electrons. The van der Waals surface area contributed by atoms with Crippen LogP contribution in [0, 0.1) is 0 Å². The SMILES string of the molecule is c1c[nH]c(-c2scc3c2sc2c(-c4ccc[nH]4)scc23)c1. The molecule has 5 aromatic heterocycles. The minimum Gasteiger partial charge on any atom is -0.360 e. The molecule has 0 fully saturated rings. The number of thiophene rings is 3. The lowest BCUT2D eigenvalue weighted by molar-refractivity contribution is 1.43. The number of aromatic nitrogens is 2. The predicted octanol–water partition coefficient (Wildman–Crippen LogP) is 6.17. The van der Waals surface area contributed by atoms with Crippen LogP contribution in [0.3, 0.4) is 0 Å². The molecular weight excluding hydrogens is 316 g/mol. The summed E-state index contributed by atoms with van der Waals surface area (Å²) in [6, 6.07) is 8.40. The molecule has 0 saturated heterocycles. The maximum Gasteiger partial charge on any atom is 0.0684 e. The van der Waals surface area contributed by atoms with Gasteiger partial charge in [0.15, 0.2) is 0 Å². The topological polar surface area (TPSA) is 31.6 Å². The molecule has 0 atom stereocenters. The van der Waals surface area contributed by atoms with Crippen LogP contribution in [-0.4, -0.2) is 9.97 Å². The Hall–Kier alpha value is -1.82. The average molecular weight is 326 g/mol. The number of fused-ring (bicyclic) bond motifs is 3. The fourth-order valence-corrected chi connectivity index (χ4v) is 6.44. The highest BCUT2D eigenvalue weighted by Crippen LogP contribution is 2.48. The van der Waals surface area contributed by atoms with Gasteiger partial charge in [0.25, 0.3) is 0 Å². The van der Waals surface area contributed by atoms with Crippen LogP contribution >= 0.6 is 34.0 Å². The van der Waals surface area contributed by atoms with E-state index >= 15 is 0 Å². The van der Waals surface area contributed by atoms with Crippen molar-refractivity contribution < 1.29 is 0 Å². The number of H-pyrrole nitrogens is 2. The second-order valence-corrected chi connectivity index (χ2v) is 7.66. The van der Waals surface area contributed by atoms with Gasteiger partial charge in [0, 0.05) is 33.9 Å². The van der Waals surface area contributed by atoms with Crippen LogP contribution < -0.4 is 0 Å². The summed E-state index contributed by atoms with van der Waals surface area (Å²) in [5.74, 6) is 0. The van der Waals surface area contributed by atoms with Crippen molar-refractivity contribution in [2.45, 2.75) is 0 Å². The first-order valence-electron chi connectivity index (χ1n) is 6.60. The van der Waals surface area contributed by atoms with Gasteiger partial charge >= 0.3 is 0 Å². The van der Waals surface area contributed by atoms with Gasteiger partial charge in [-0.05, 0) is 24.3 Å². The molecule has 0 aliphatic heterocycles. The Bertz CT molecular complexity index is 943. The number of rotatable bonds is 2. The molecule has 21 heavy (non-hydrogen) atoms. The quantitative estimate of drug-likeness (QED) is 0.389. The molecule has 5 heteroatoms. The van der Waals surface area contributed by atoms with Gasteiger partial charge in [-0.2, -0.15) is 0 Å². The number of hydrogen-bond donors (Lipinski definition) is 2. The van der Waals surface area contributed by atoms with Crippen molar-refractivity contribution in [2.75, 3.05) is 0 Å². The van der Waals surface area contributed by atoms with Crippen molar-refractivity contribution in [1.82, 2.24) is 9.97 Å². The van der Waals surface area contributed by atoms with E-state index in [0.29, 0.717) is 0 Å².